The van der Waals surface area contributed by atoms with Crippen molar-refractivity contribution in [2.24, 2.45) is 7.05 Å². The molecule has 0 aliphatic heterocycles. The van der Waals surface area contributed by atoms with Gasteiger partial charge in [0, 0.05) is 26.0 Å². The van der Waals surface area contributed by atoms with Gasteiger partial charge in [-0.3, -0.25) is 14.2 Å². The fraction of sp³-hybridized carbons (Fsp3) is 0.231. The average molecular weight is 302 g/mol. The molecule has 3 heterocycles. The molecule has 0 aliphatic rings. The summed E-state index contributed by atoms with van der Waals surface area (Å²) in [4.78, 5) is 12.0. The van der Waals surface area contributed by atoms with Crippen LogP contribution < -0.4 is 5.32 Å². The number of hydrogen-bond acceptors (Lipinski definition) is 5. The van der Waals surface area contributed by atoms with E-state index < -0.39 is 0 Å². The van der Waals surface area contributed by atoms with E-state index in [1.807, 2.05) is 28.4 Å². The average Bonchev–Trinajstić information content (AvgIpc) is 3.21. The molecular weight excluding hydrogens is 288 g/mol. The van der Waals surface area contributed by atoms with Gasteiger partial charge < -0.3 is 5.32 Å². The van der Waals surface area contributed by atoms with Crippen LogP contribution in [0.2, 0.25) is 0 Å². The number of aryl methyl sites for hydroxylation is 1. The van der Waals surface area contributed by atoms with Crippen molar-refractivity contribution in [1.82, 2.24) is 30.1 Å². The van der Waals surface area contributed by atoms with E-state index in [0.29, 0.717) is 12.2 Å². The molecule has 0 radical (unpaired) electrons. The lowest BCUT2D eigenvalue weighted by Crippen LogP contribution is -2.31. The van der Waals surface area contributed by atoms with Crippen molar-refractivity contribution in [2.45, 2.75) is 6.04 Å². The third-order valence-electron chi connectivity index (χ3n) is 3.06. The normalized spacial score (nSPS) is 12.2. The minimum atomic E-state index is -0.240. The highest BCUT2D eigenvalue weighted by Gasteiger charge is 2.17. The fourth-order valence-corrected chi connectivity index (χ4v) is 2.73. The Bertz CT molecular complexity index is 669. The molecule has 1 amide bonds. The van der Waals surface area contributed by atoms with E-state index in [2.05, 4.69) is 26.1 Å². The first kappa shape index (κ1) is 13.5. The Labute approximate surface area is 125 Å². The van der Waals surface area contributed by atoms with Crippen LogP contribution in [-0.2, 0) is 7.05 Å². The van der Waals surface area contributed by atoms with Crippen molar-refractivity contribution in [3.8, 4) is 0 Å². The van der Waals surface area contributed by atoms with Crippen LogP contribution in [0.1, 0.15) is 22.1 Å². The maximum absolute atomic E-state index is 12.0. The summed E-state index contributed by atoms with van der Waals surface area (Å²) in [6, 6.07) is 3.86. The van der Waals surface area contributed by atoms with Crippen LogP contribution in [0, 0.1) is 0 Å². The zero-order valence-corrected chi connectivity index (χ0v) is 12.2. The summed E-state index contributed by atoms with van der Waals surface area (Å²) in [5.74, 6) is -0.240. The molecule has 1 atom stereocenters. The quantitative estimate of drug-likeness (QED) is 0.765. The van der Waals surface area contributed by atoms with Gasteiger partial charge in [-0.1, -0.05) is 5.21 Å². The Morgan fingerprint density at radius 2 is 2.43 bits per heavy atom. The molecule has 0 aliphatic carbocycles. The van der Waals surface area contributed by atoms with Crippen LogP contribution in [0.5, 0.6) is 0 Å². The zero-order chi connectivity index (χ0) is 14.7. The number of rotatable bonds is 5. The van der Waals surface area contributed by atoms with Gasteiger partial charge in [-0.05, 0) is 28.5 Å². The first-order chi connectivity index (χ1) is 10.2. The minimum Gasteiger partial charge on any atom is -0.348 e. The summed E-state index contributed by atoms with van der Waals surface area (Å²) in [5.41, 5.74) is 1.42. The van der Waals surface area contributed by atoms with Crippen molar-refractivity contribution in [2.75, 3.05) is 6.54 Å². The van der Waals surface area contributed by atoms with Crippen molar-refractivity contribution in [1.29, 1.82) is 0 Å². The standard InChI is InChI=1S/C13H14N6OS/c1-18-8-11(16-17-18)13(20)14-7-12(10-3-6-21-9-10)19-5-2-4-15-19/h2-6,8-9,12H,7H2,1H3,(H,14,20). The Kier molecular flexibility index (Phi) is 3.78. The molecule has 3 aromatic heterocycles. The molecule has 3 rings (SSSR count). The highest BCUT2D eigenvalue weighted by Crippen LogP contribution is 2.19. The zero-order valence-electron chi connectivity index (χ0n) is 11.4. The van der Waals surface area contributed by atoms with Gasteiger partial charge >= 0.3 is 0 Å². The first-order valence-corrected chi connectivity index (χ1v) is 7.34. The number of nitrogens with zero attached hydrogens (tertiary/aromatic N) is 5. The van der Waals surface area contributed by atoms with Crippen LogP contribution in [0.3, 0.4) is 0 Å². The number of carbonyl (C=O) groups is 1. The molecular formula is C13H14N6OS. The molecule has 1 N–H and O–H groups in total. The Morgan fingerprint density at radius 1 is 1.52 bits per heavy atom. The third-order valence-corrected chi connectivity index (χ3v) is 3.76. The van der Waals surface area contributed by atoms with E-state index in [-0.39, 0.29) is 11.9 Å². The monoisotopic (exact) mass is 302 g/mol. The number of carbonyl (C=O) groups excluding carboxylic acids is 1. The molecule has 3 aromatic rings. The Morgan fingerprint density at radius 3 is 3.05 bits per heavy atom. The second-order valence-corrected chi connectivity index (χ2v) is 5.33. The molecule has 1 unspecified atom stereocenters. The van der Waals surface area contributed by atoms with E-state index in [9.17, 15) is 4.79 Å². The minimum absolute atomic E-state index is 0.0353. The summed E-state index contributed by atoms with van der Waals surface area (Å²) in [7, 11) is 1.72. The molecule has 0 saturated carbocycles. The molecule has 0 fully saturated rings. The second-order valence-electron chi connectivity index (χ2n) is 4.55. The molecule has 7 nitrogen and oxygen atoms in total. The molecule has 108 valence electrons. The molecule has 21 heavy (non-hydrogen) atoms. The molecule has 0 spiro atoms. The molecule has 0 saturated heterocycles. The Balaban J connectivity index is 1.72. The summed E-state index contributed by atoms with van der Waals surface area (Å²) < 4.78 is 3.33. The highest BCUT2D eigenvalue weighted by molar-refractivity contribution is 7.07. The van der Waals surface area contributed by atoms with Crippen molar-refractivity contribution < 1.29 is 4.79 Å². The smallest absolute Gasteiger partial charge is 0.273 e. The van der Waals surface area contributed by atoms with Gasteiger partial charge in [-0.15, -0.1) is 5.10 Å². The van der Waals surface area contributed by atoms with Crippen molar-refractivity contribution in [3.05, 3.63) is 52.7 Å². The lowest BCUT2D eigenvalue weighted by atomic mass is 10.1. The van der Waals surface area contributed by atoms with E-state index in [4.69, 9.17) is 0 Å². The lowest BCUT2D eigenvalue weighted by Gasteiger charge is -2.17. The van der Waals surface area contributed by atoms with Gasteiger partial charge in [0.2, 0.25) is 0 Å². The number of thiophene rings is 1. The molecule has 0 aromatic carbocycles. The predicted octanol–water partition coefficient (Wildman–Crippen LogP) is 1.09. The summed E-state index contributed by atoms with van der Waals surface area (Å²) in [6.45, 7) is 0.438. The van der Waals surface area contributed by atoms with E-state index in [1.165, 1.54) is 4.68 Å². The molecule has 8 heteroatoms. The van der Waals surface area contributed by atoms with Gasteiger partial charge in [-0.25, -0.2) is 0 Å². The number of hydrogen-bond donors (Lipinski definition) is 1. The fourth-order valence-electron chi connectivity index (χ4n) is 2.03. The number of aromatic nitrogens is 5. The summed E-state index contributed by atoms with van der Waals surface area (Å²) >= 11 is 1.62. The van der Waals surface area contributed by atoms with E-state index >= 15 is 0 Å². The SMILES string of the molecule is Cn1cc(C(=O)NCC(c2ccsc2)n2cccn2)nn1. The Hall–Kier alpha value is -2.48. The predicted molar refractivity (Wildman–Crippen MR) is 78.0 cm³/mol. The third kappa shape index (κ3) is 3.00. The second kappa shape index (κ2) is 5.88. The van der Waals surface area contributed by atoms with Crippen molar-refractivity contribution >= 4 is 17.2 Å². The van der Waals surface area contributed by atoms with Gasteiger partial charge in [0.25, 0.3) is 5.91 Å². The van der Waals surface area contributed by atoms with E-state index in [1.54, 1.807) is 30.8 Å². The van der Waals surface area contributed by atoms with Gasteiger partial charge in [0.15, 0.2) is 5.69 Å². The first-order valence-electron chi connectivity index (χ1n) is 6.40. The topological polar surface area (TPSA) is 77.6 Å². The maximum atomic E-state index is 12.0. The van der Waals surface area contributed by atoms with Crippen molar-refractivity contribution in [3.63, 3.8) is 0 Å². The van der Waals surface area contributed by atoms with Gasteiger partial charge in [-0.2, -0.15) is 16.4 Å². The van der Waals surface area contributed by atoms with E-state index in [0.717, 1.165) is 5.56 Å². The largest absolute Gasteiger partial charge is 0.348 e. The number of nitrogens with one attached hydrogen (secondary N) is 1. The van der Waals surface area contributed by atoms with Crippen LogP contribution in [0.25, 0.3) is 0 Å². The van der Waals surface area contributed by atoms with Gasteiger partial charge in [0.1, 0.15) is 0 Å². The summed E-state index contributed by atoms with van der Waals surface area (Å²) in [5, 5.41) is 18.8. The summed E-state index contributed by atoms with van der Waals surface area (Å²) in [6.07, 6.45) is 5.20. The number of amides is 1. The maximum Gasteiger partial charge on any atom is 0.273 e. The highest BCUT2D eigenvalue weighted by atomic mass is 32.1. The van der Waals surface area contributed by atoms with Crippen LogP contribution >= 0.6 is 11.3 Å². The van der Waals surface area contributed by atoms with Gasteiger partial charge in [0.05, 0.1) is 12.2 Å². The van der Waals surface area contributed by atoms with Crippen LogP contribution in [0.15, 0.2) is 41.5 Å². The van der Waals surface area contributed by atoms with Crippen LogP contribution in [-0.4, -0.2) is 37.2 Å². The van der Waals surface area contributed by atoms with Crippen LogP contribution in [0.4, 0.5) is 0 Å². The lowest BCUT2D eigenvalue weighted by molar-refractivity contribution is 0.0944. The molecule has 0 bridgehead atoms.